The molecule has 1 atom stereocenters. The summed E-state index contributed by atoms with van der Waals surface area (Å²) in [6.07, 6.45) is 9.04. The first-order valence-corrected chi connectivity index (χ1v) is 23.4. The Hall–Kier alpha value is -6.74. The number of benzene rings is 8. The molecule has 1 unspecified atom stereocenters. The summed E-state index contributed by atoms with van der Waals surface area (Å²) in [6.45, 7) is 6.97. The van der Waals surface area contributed by atoms with E-state index in [1.165, 1.54) is 103 Å². The lowest BCUT2D eigenvalue weighted by molar-refractivity contribution is 0.597. The smallest absolute Gasteiger partial charge is 0.0640 e. The predicted octanol–water partition coefficient (Wildman–Crippen LogP) is 17.3. The van der Waals surface area contributed by atoms with Gasteiger partial charge in [-0.15, -0.1) is 11.3 Å². The Morgan fingerprint density at radius 1 is 0.492 bits per heavy atom. The van der Waals surface area contributed by atoms with Gasteiger partial charge in [-0.1, -0.05) is 202 Å². The van der Waals surface area contributed by atoms with Crippen LogP contribution in [0.25, 0.3) is 75.5 Å². The number of hydrogen-bond acceptors (Lipinski definition) is 1. The first kappa shape index (κ1) is 39.1. The van der Waals surface area contributed by atoms with Crippen molar-refractivity contribution in [3.63, 3.8) is 0 Å². The highest BCUT2D eigenvalue weighted by molar-refractivity contribution is 7.26. The summed E-state index contributed by atoms with van der Waals surface area (Å²) in [7, 11) is 0. The minimum atomic E-state index is 0.0681. The maximum Gasteiger partial charge on any atom is 0.0640 e. The van der Waals surface area contributed by atoms with Gasteiger partial charge < -0.3 is 4.57 Å². The summed E-state index contributed by atoms with van der Waals surface area (Å²) in [4.78, 5) is 0. The molecule has 0 fully saturated rings. The van der Waals surface area contributed by atoms with Crippen LogP contribution < -0.4 is 0 Å². The maximum atomic E-state index is 2.50. The standard InChI is InChI=1S/C61H51NS/c1-61(2,3)55-21-12-19-52-53-20-13-23-58(60(53)63-59(52)55)62-56-22-11-10-18-51(56)54-40-49(37-39-57(54)62)46-27-24-41(25-28-46)26-38-50(47-33-29-44(30-34-47)42-14-6-4-7-15-42)48-35-31-45(32-36-48)43-16-8-5-9-17-43/h4-25,27-31,33-35,37,39-40,50H,26,32,36,38H2,1-3H3. The summed E-state index contributed by atoms with van der Waals surface area (Å²) in [5.41, 5.74) is 17.3. The molecule has 0 bridgehead atoms. The van der Waals surface area contributed by atoms with Crippen molar-refractivity contribution in [1.29, 1.82) is 0 Å². The fourth-order valence-electron chi connectivity index (χ4n) is 10.1. The van der Waals surface area contributed by atoms with Crippen LogP contribution in [-0.2, 0) is 11.8 Å². The van der Waals surface area contributed by atoms with Crippen LogP contribution in [0.1, 0.15) is 68.2 Å². The van der Waals surface area contributed by atoms with E-state index >= 15 is 0 Å². The monoisotopic (exact) mass is 829 g/mol. The number of thiophene rings is 1. The number of rotatable bonds is 9. The summed E-state index contributed by atoms with van der Waals surface area (Å²) < 4.78 is 5.23. The quantitative estimate of drug-likeness (QED) is 0.137. The number of hydrogen-bond donors (Lipinski definition) is 0. The topological polar surface area (TPSA) is 4.93 Å². The Kier molecular flexibility index (Phi) is 10.1. The second-order valence-electron chi connectivity index (χ2n) is 18.3. The average molecular weight is 830 g/mol. The van der Waals surface area contributed by atoms with E-state index < -0.39 is 0 Å². The fraction of sp³-hybridized carbons (Fsp3) is 0.148. The molecule has 8 aromatic carbocycles. The lowest BCUT2D eigenvalue weighted by atomic mass is 9.80. The normalized spacial score (nSPS) is 13.8. The number of nitrogens with zero attached hydrogens (tertiary/aromatic N) is 1. The molecule has 2 heteroatoms. The van der Waals surface area contributed by atoms with Crippen LogP contribution in [0.4, 0.5) is 0 Å². The molecule has 1 aliphatic rings. The molecule has 2 heterocycles. The van der Waals surface area contributed by atoms with Crippen molar-refractivity contribution in [2.75, 3.05) is 0 Å². The van der Waals surface area contributed by atoms with Gasteiger partial charge in [-0.25, -0.2) is 0 Å². The van der Waals surface area contributed by atoms with Crippen molar-refractivity contribution in [2.45, 2.75) is 57.8 Å². The van der Waals surface area contributed by atoms with Gasteiger partial charge in [-0.05, 0) is 105 Å². The highest BCUT2D eigenvalue weighted by Gasteiger charge is 2.23. The van der Waals surface area contributed by atoms with Crippen molar-refractivity contribution in [1.82, 2.24) is 4.57 Å². The van der Waals surface area contributed by atoms with E-state index in [4.69, 9.17) is 0 Å². The summed E-state index contributed by atoms with van der Waals surface area (Å²) in [6, 6.07) is 70.0. The number of aryl methyl sites for hydroxylation is 1. The van der Waals surface area contributed by atoms with Crippen LogP contribution in [0.5, 0.6) is 0 Å². The molecule has 10 aromatic rings. The second kappa shape index (κ2) is 16.2. The van der Waals surface area contributed by atoms with Gasteiger partial charge in [0.05, 0.1) is 21.4 Å². The molecular weight excluding hydrogens is 779 g/mol. The molecule has 0 radical (unpaired) electrons. The van der Waals surface area contributed by atoms with Gasteiger partial charge in [-0.3, -0.25) is 0 Å². The van der Waals surface area contributed by atoms with Crippen LogP contribution in [0, 0.1) is 0 Å². The highest BCUT2D eigenvalue weighted by Crippen LogP contribution is 2.45. The average Bonchev–Trinajstić information content (AvgIpc) is 3.88. The van der Waals surface area contributed by atoms with E-state index in [2.05, 4.69) is 226 Å². The van der Waals surface area contributed by atoms with E-state index in [9.17, 15) is 0 Å². The van der Waals surface area contributed by atoms with Gasteiger partial charge in [0, 0.05) is 32.2 Å². The Balaban J connectivity index is 0.900. The molecule has 0 amide bonds. The molecule has 11 rings (SSSR count). The molecule has 0 saturated heterocycles. The Morgan fingerprint density at radius 2 is 1.10 bits per heavy atom. The van der Waals surface area contributed by atoms with Crippen LogP contribution in [0.2, 0.25) is 0 Å². The van der Waals surface area contributed by atoms with Crippen LogP contribution >= 0.6 is 11.3 Å². The molecule has 63 heavy (non-hydrogen) atoms. The molecule has 0 N–H and O–H groups in total. The van der Waals surface area contributed by atoms with Crippen molar-refractivity contribution in [2.24, 2.45) is 0 Å². The number of fused-ring (bicyclic) bond motifs is 6. The Bertz CT molecular complexity index is 3330. The van der Waals surface area contributed by atoms with Crippen molar-refractivity contribution >= 4 is 58.9 Å². The Morgan fingerprint density at radius 3 is 1.83 bits per heavy atom. The summed E-state index contributed by atoms with van der Waals surface area (Å²) in [5, 5.41) is 5.25. The zero-order valence-corrected chi connectivity index (χ0v) is 37.1. The van der Waals surface area contributed by atoms with E-state index in [1.54, 1.807) is 0 Å². The van der Waals surface area contributed by atoms with Gasteiger partial charge >= 0.3 is 0 Å². The second-order valence-corrected chi connectivity index (χ2v) is 19.4. The fourth-order valence-corrected chi connectivity index (χ4v) is 11.6. The third-order valence-corrected chi connectivity index (χ3v) is 14.7. The minimum absolute atomic E-state index is 0.0681. The largest absolute Gasteiger partial charge is 0.308 e. The lowest BCUT2D eigenvalue weighted by Crippen LogP contribution is -2.10. The molecule has 1 nitrogen and oxygen atoms in total. The van der Waals surface area contributed by atoms with Crippen LogP contribution in [-0.4, -0.2) is 4.57 Å². The molecule has 306 valence electrons. The van der Waals surface area contributed by atoms with Gasteiger partial charge in [0.25, 0.3) is 0 Å². The van der Waals surface area contributed by atoms with E-state index in [0.717, 1.165) is 25.7 Å². The van der Waals surface area contributed by atoms with Gasteiger partial charge in [0.15, 0.2) is 0 Å². The molecule has 0 spiro atoms. The highest BCUT2D eigenvalue weighted by atomic mass is 32.1. The molecule has 1 aliphatic carbocycles. The molecular formula is C61H51NS. The summed E-state index contributed by atoms with van der Waals surface area (Å²) in [5.74, 6) is 0.363. The number of para-hydroxylation sites is 1. The van der Waals surface area contributed by atoms with Gasteiger partial charge in [0.2, 0.25) is 0 Å². The van der Waals surface area contributed by atoms with Crippen molar-refractivity contribution in [3.8, 4) is 27.9 Å². The lowest BCUT2D eigenvalue weighted by Gasteiger charge is -2.25. The zero-order chi connectivity index (χ0) is 42.5. The van der Waals surface area contributed by atoms with E-state index in [1.807, 2.05) is 11.3 Å². The van der Waals surface area contributed by atoms with E-state index in [0.29, 0.717) is 5.92 Å². The third kappa shape index (κ3) is 7.33. The predicted molar refractivity (Wildman–Crippen MR) is 272 cm³/mol. The van der Waals surface area contributed by atoms with E-state index in [-0.39, 0.29) is 5.41 Å². The van der Waals surface area contributed by atoms with Gasteiger partial charge in [0.1, 0.15) is 0 Å². The summed E-state index contributed by atoms with van der Waals surface area (Å²) >= 11 is 1.94. The van der Waals surface area contributed by atoms with Gasteiger partial charge in [-0.2, -0.15) is 0 Å². The molecule has 0 aliphatic heterocycles. The number of aromatic nitrogens is 1. The first-order chi connectivity index (χ1) is 30.9. The molecule has 2 aromatic heterocycles. The van der Waals surface area contributed by atoms with Crippen LogP contribution in [0.3, 0.4) is 0 Å². The Labute approximate surface area is 375 Å². The number of allylic oxidation sites excluding steroid dienone is 4. The van der Waals surface area contributed by atoms with Crippen molar-refractivity contribution < 1.29 is 0 Å². The third-order valence-electron chi connectivity index (χ3n) is 13.4. The SMILES string of the molecule is CC(C)(C)c1cccc2c1sc1c(-n3c4ccccc4c4cc(-c5ccc(CCC(C6=CC=C(c7ccccc7)CC6)c6ccc(-c7ccccc7)cc6)cc5)ccc43)cccc12. The first-order valence-electron chi connectivity index (χ1n) is 22.6. The van der Waals surface area contributed by atoms with Crippen molar-refractivity contribution in [3.05, 3.63) is 228 Å². The maximum absolute atomic E-state index is 2.50. The zero-order valence-electron chi connectivity index (χ0n) is 36.3. The molecule has 0 saturated carbocycles. The van der Waals surface area contributed by atoms with Crippen LogP contribution in [0.15, 0.2) is 206 Å². The minimum Gasteiger partial charge on any atom is -0.308 e.